The highest BCUT2D eigenvalue weighted by atomic mass is 32.1. The molecule has 1 aliphatic carbocycles. The fourth-order valence-corrected chi connectivity index (χ4v) is 3.71. The predicted molar refractivity (Wildman–Crippen MR) is 94.6 cm³/mol. The molecule has 1 fully saturated rings. The van der Waals surface area contributed by atoms with E-state index in [1.54, 1.807) is 10.4 Å². The SMILES string of the molecule is O=C(NCc1cscn1)N(Cc1ccccc1)CC1(O)CCCC1. The van der Waals surface area contributed by atoms with E-state index in [4.69, 9.17) is 0 Å². The van der Waals surface area contributed by atoms with Gasteiger partial charge in [0, 0.05) is 11.9 Å². The molecule has 128 valence electrons. The van der Waals surface area contributed by atoms with Crippen molar-refractivity contribution in [1.82, 2.24) is 15.2 Å². The molecule has 2 aromatic rings. The summed E-state index contributed by atoms with van der Waals surface area (Å²) in [5, 5.41) is 15.5. The number of amides is 2. The largest absolute Gasteiger partial charge is 0.388 e. The summed E-state index contributed by atoms with van der Waals surface area (Å²) in [6.07, 6.45) is 3.57. The Labute approximate surface area is 146 Å². The molecule has 0 spiro atoms. The maximum absolute atomic E-state index is 12.7. The number of hydrogen-bond acceptors (Lipinski definition) is 4. The van der Waals surface area contributed by atoms with Crippen LogP contribution in [0, 0.1) is 0 Å². The lowest BCUT2D eigenvalue weighted by molar-refractivity contribution is 0.0175. The van der Waals surface area contributed by atoms with Gasteiger partial charge in [0.05, 0.1) is 29.9 Å². The lowest BCUT2D eigenvalue weighted by atomic mass is 10.0. The van der Waals surface area contributed by atoms with Crippen LogP contribution in [0.1, 0.15) is 36.9 Å². The highest BCUT2D eigenvalue weighted by Crippen LogP contribution is 2.30. The molecule has 3 rings (SSSR count). The van der Waals surface area contributed by atoms with Crippen LogP contribution < -0.4 is 5.32 Å². The fourth-order valence-electron chi connectivity index (χ4n) is 3.15. The lowest BCUT2D eigenvalue weighted by Gasteiger charge is -2.31. The van der Waals surface area contributed by atoms with Crippen molar-refractivity contribution >= 4 is 17.4 Å². The fraction of sp³-hybridized carbons (Fsp3) is 0.444. The molecular weight excluding hydrogens is 322 g/mol. The quantitative estimate of drug-likeness (QED) is 0.845. The van der Waals surface area contributed by atoms with Gasteiger partial charge in [0.25, 0.3) is 0 Å². The molecule has 0 atom stereocenters. The Morgan fingerprint density at radius 2 is 2.04 bits per heavy atom. The monoisotopic (exact) mass is 345 g/mol. The molecule has 0 bridgehead atoms. The highest BCUT2D eigenvalue weighted by Gasteiger charge is 2.34. The van der Waals surface area contributed by atoms with Crippen LogP contribution in [0.3, 0.4) is 0 Å². The molecule has 0 radical (unpaired) electrons. The summed E-state index contributed by atoms with van der Waals surface area (Å²) in [6, 6.07) is 9.72. The van der Waals surface area contributed by atoms with E-state index in [-0.39, 0.29) is 6.03 Å². The first-order chi connectivity index (χ1) is 11.6. The molecule has 0 aliphatic heterocycles. The molecule has 0 unspecified atom stereocenters. The third-order valence-corrected chi connectivity index (χ3v) is 5.06. The van der Waals surface area contributed by atoms with Crippen molar-refractivity contribution in [3.8, 4) is 0 Å². The van der Waals surface area contributed by atoms with Gasteiger partial charge in [-0.1, -0.05) is 43.2 Å². The standard InChI is InChI=1S/C18H23N3O2S/c22-17(19-10-16-12-24-14-20-16)21(11-15-6-2-1-3-7-15)13-18(23)8-4-5-9-18/h1-3,6-7,12,14,23H,4-5,8-11,13H2,(H,19,22). The topological polar surface area (TPSA) is 65.5 Å². The third-order valence-electron chi connectivity index (χ3n) is 4.43. The van der Waals surface area contributed by atoms with Gasteiger partial charge in [0.15, 0.2) is 0 Å². The second-order valence-corrected chi connectivity index (χ2v) is 7.13. The number of carbonyl (C=O) groups is 1. The Hall–Kier alpha value is -1.92. The number of urea groups is 1. The van der Waals surface area contributed by atoms with E-state index in [2.05, 4.69) is 10.3 Å². The van der Waals surface area contributed by atoms with Crippen molar-refractivity contribution in [3.05, 3.63) is 52.5 Å². The Morgan fingerprint density at radius 3 is 2.71 bits per heavy atom. The zero-order chi connectivity index (χ0) is 16.8. The van der Waals surface area contributed by atoms with Gasteiger partial charge in [-0.25, -0.2) is 9.78 Å². The molecule has 24 heavy (non-hydrogen) atoms. The molecule has 1 aromatic carbocycles. The zero-order valence-electron chi connectivity index (χ0n) is 13.6. The van der Waals surface area contributed by atoms with E-state index >= 15 is 0 Å². The van der Waals surface area contributed by atoms with Gasteiger partial charge in [-0.3, -0.25) is 0 Å². The summed E-state index contributed by atoms with van der Waals surface area (Å²) in [5.74, 6) is 0. The maximum atomic E-state index is 12.7. The van der Waals surface area contributed by atoms with Gasteiger partial charge in [0.1, 0.15) is 0 Å². The Bertz CT molecular complexity index is 640. The van der Waals surface area contributed by atoms with Crippen molar-refractivity contribution in [2.75, 3.05) is 6.54 Å². The van der Waals surface area contributed by atoms with Gasteiger partial charge in [0.2, 0.25) is 0 Å². The molecule has 1 aliphatic rings. The smallest absolute Gasteiger partial charge is 0.318 e. The highest BCUT2D eigenvalue weighted by molar-refractivity contribution is 7.07. The number of nitrogens with zero attached hydrogens (tertiary/aromatic N) is 2. The average Bonchev–Trinajstić information content (AvgIpc) is 3.25. The van der Waals surface area contributed by atoms with E-state index in [0.29, 0.717) is 19.6 Å². The lowest BCUT2D eigenvalue weighted by Crippen LogP contribution is -2.47. The minimum absolute atomic E-state index is 0.160. The number of rotatable bonds is 6. The minimum atomic E-state index is -0.757. The van der Waals surface area contributed by atoms with Gasteiger partial charge < -0.3 is 15.3 Å². The normalized spacial score (nSPS) is 16.0. The second-order valence-electron chi connectivity index (χ2n) is 6.41. The summed E-state index contributed by atoms with van der Waals surface area (Å²) in [6.45, 7) is 1.27. The molecule has 5 nitrogen and oxygen atoms in total. The molecular formula is C18H23N3O2S. The van der Waals surface area contributed by atoms with Crippen LogP contribution in [0.5, 0.6) is 0 Å². The van der Waals surface area contributed by atoms with Crippen molar-refractivity contribution in [3.63, 3.8) is 0 Å². The number of thiazole rings is 1. The first-order valence-electron chi connectivity index (χ1n) is 8.31. The van der Waals surface area contributed by atoms with Crippen LogP contribution in [0.15, 0.2) is 41.2 Å². The van der Waals surface area contributed by atoms with E-state index in [9.17, 15) is 9.90 Å². The number of benzene rings is 1. The molecule has 1 heterocycles. The Morgan fingerprint density at radius 1 is 1.29 bits per heavy atom. The van der Waals surface area contributed by atoms with Gasteiger partial charge in [-0.05, 0) is 18.4 Å². The molecule has 6 heteroatoms. The molecule has 2 N–H and O–H groups in total. The van der Waals surface area contributed by atoms with Crippen molar-refractivity contribution < 1.29 is 9.90 Å². The van der Waals surface area contributed by atoms with E-state index < -0.39 is 5.60 Å². The maximum Gasteiger partial charge on any atom is 0.318 e. The molecule has 1 saturated carbocycles. The van der Waals surface area contributed by atoms with E-state index in [1.165, 1.54) is 11.3 Å². The van der Waals surface area contributed by atoms with Crippen molar-refractivity contribution in [2.45, 2.75) is 44.4 Å². The molecule has 2 amide bonds. The van der Waals surface area contributed by atoms with Gasteiger partial charge >= 0.3 is 6.03 Å². The minimum Gasteiger partial charge on any atom is -0.388 e. The van der Waals surface area contributed by atoms with Crippen LogP contribution in [0.25, 0.3) is 0 Å². The molecule has 1 aromatic heterocycles. The van der Waals surface area contributed by atoms with Crippen LogP contribution in [-0.2, 0) is 13.1 Å². The third kappa shape index (κ3) is 4.55. The van der Waals surface area contributed by atoms with Crippen LogP contribution in [-0.4, -0.2) is 33.2 Å². The van der Waals surface area contributed by atoms with Gasteiger partial charge in [-0.15, -0.1) is 11.3 Å². The van der Waals surface area contributed by atoms with E-state index in [0.717, 1.165) is 36.9 Å². The summed E-state index contributed by atoms with van der Waals surface area (Å²) in [5.41, 5.74) is 2.91. The predicted octanol–water partition coefficient (Wildman–Crippen LogP) is 3.16. The summed E-state index contributed by atoms with van der Waals surface area (Å²) < 4.78 is 0. The number of nitrogens with one attached hydrogen (secondary N) is 1. The molecule has 0 saturated heterocycles. The van der Waals surface area contributed by atoms with Crippen LogP contribution in [0.2, 0.25) is 0 Å². The summed E-state index contributed by atoms with van der Waals surface area (Å²) >= 11 is 1.51. The van der Waals surface area contributed by atoms with Gasteiger partial charge in [-0.2, -0.15) is 0 Å². The van der Waals surface area contributed by atoms with Crippen molar-refractivity contribution in [2.24, 2.45) is 0 Å². The van der Waals surface area contributed by atoms with Crippen LogP contribution in [0.4, 0.5) is 4.79 Å². The number of hydrogen-bond donors (Lipinski definition) is 2. The Kier molecular flexibility index (Phi) is 5.48. The Balaban J connectivity index is 1.66. The first kappa shape index (κ1) is 16.9. The summed E-state index contributed by atoms with van der Waals surface area (Å²) in [7, 11) is 0. The zero-order valence-corrected chi connectivity index (χ0v) is 14.5. The van der Waals surface area contributed by atoms with Crippen molar-refractivity contribution in [1.29, 1.82) is 0 Å². The number of carbonyl (C=O) groups excluding carboxylic acids is 1. The number of aliphatic hydroxyl groups is 1. The van der Waals surface area contributed by atoms with E-state index in [1.807, 2.05) is 35.7 Å². The second kappa shape index (κ2) is 7.77. The number of aromatic nitrogens is 1. The summed E-state index contributed by atoms with van der Waals surface area (Å²) in [4.78, 5) is 18.6. The average molecular weight is 345 g/mol. The van der Waals surface area contributed by atoms with Crippen LogP contribution >= 0.6 is 11.3 Å². The first-order valence-corrected chi connectivity index (χ1v) is 9.25.